The fourth-order valence-electron chi connectivity index (χ4n) is 1.00. The molecule has 10 heteroatoms. The summed E-state index contributed by atoms with van der Waals surface area (Å²) in [5.74, 6) is -0.553. The van der Waals surface area contributed by atoms with Crippen molar-refractivity contribution in [3.05, 3.63) is 48.8 Å². The molecule has 0 aliphatic carbocycles. The number of carbonyl (C=O) groups is 2. The monoisotopic (exact) mass is 388 g/mol. The Bertz CT molecular complexity index is 485. The molecule has 0 amide bonds. The molecule has 2 aromatic rings. The third-order valence-electron chi connectivity index (χ3n) is 1.59. The van der Waals surface area contributed by atoms with E-state index in [4.69, 9.17) is 19.8 Å². The van der Waals surface area contributed by atoms with Gasteiger partial charge in [-0.25, -0.2) is 9.97 Å². The van der Waals surface area contributed by atoms with Crippen LogP contribution in [-0.4, -0.2) is 32.9 Å². The van der Waals surface area contributed by atoms with E-state index >= 15 is 0 Å². The van der Waals surface area contributed by atoms with E-state index in [1.165, 1.54) is 0 Å². The molecule has 0 atom stereocenters. The van der Waals surface area contributed by atoms with Gasteiger partial charge in [0.05, 0.1) is 0 Å². The van der Waals surface area contributed by atoms with Crippen LogP contribution in [0.4, 0.5) is 11.6 Å². The van der Waals surface area contributed by atoms with Crippen LogP contribution < -0.4 is 15.5 Å². The van der Waals surface area contributed by atoms with Crippen molar-refractivity contribution >= 4 is 23.6 Å². The third-order valence-corrected chi connectivity index (χ3v) is 1.59. The van der Waals surface area contributed by atoms with Crippen molar-refractivity contribution in [1.29, 1.82) is 0 Å². The summed E-state index contributed by atoms with van der Waals surface area (Å²) < 4.78 is 0. The molecule has 0 aliphatic rings. The Morgan fingerprint density at radius 2 is 1.12 bits per heavy atom. The predicted molar refractivity (Wildman–Crippen MR) is 80.3 cm³/mol. The van der Waals surface area contributed by atoms with Gasteiger partial charge in [0.15, 0.2) is 0 Å². The van der Waals surface area contributed by atoms with E-state index in [0.29, 0.717) is 0 Å². The van der Waals surface area contributed by atoms with Crippen molar-refractivity contribution in [2.45, 2.75) is 13.8 Å². The number of aromatic nitrogens is 2. The fraction of sp³-hybridized carbons (Fsp3) is 0.143. The smallest absolute Gasteiger partial charge is 0.550 e. The average molecular weight is 389 g/mol. The number of carbonyl (C=O) groups excluding carboxylic acids is 2. The normalized spacial score (nSPS) is 7.25. The summed E-state index contributed by atoms with van der Waals surface area (Å²) in [7, 11) is 0. The standard InChI is InChI=1S/C10H9N3.2C2H4O2.Cu.2H2O/c1-3-7-11-9(5-1)13-10-6-2-4-8-12-10;2*1-2(3)4;;;/h1-8H,(H,11,12,13);2*1H3,(H,3,4);;2*1H2/q;;;+2;;/p-2. The van der Waals surface area contributed by atoms with Crippen molar-refractivity contribution in [2.24, 2.45) is 0 Å². The first kappa shape index (κ1) is 29.5. The molecule has 0 unspecified atom stereocenters. The molecule has 5 N–H and O–H groups in total. The average Bonchev–Trinajstić information content (AvgIpc) is 2.40. The molecular weight excluding hydrogens is 370 g/mol. The van der Waals surface area contributed by atoms with Crippen LogP contribution in [0, 0.1) is 0 Å². The number of pyridine rings is 2. The second-order valence-electron chi connectivity index (χ2n) is 3.54. The van der Waals surface area contributed by atoms with E-state index < -0.39 is 11.9 Å². The molecule has 0 aromatic carbocycles. The van der Waals surface area contributed by atoms with Crippen LogP contribution in [-0.2, 0) is 26.7 Å². The number of nitrogens with zero attached hydrogens (tertiary/aromatic N) is 2. The van der Waals surface area contributed by atoms with Gasteiger partial charge in [-0.3, -0.25) is 0 Å². The summed E-state index contributed by atoms with van der Waals surface area (Å²) in [6, 6.07) is 11.4. The largest absolute Gasteiger partial charge is 2.00 e. The van der Waals surface area contributed by atoms with E-state index in [2.05, 4.69) is 15.3 Å². The third kappa shape index (κ3) is 21.8. The summed E-state index contributed by atoms with van der Waals surface area (Å²) in [6.45, 7) is 1.94. The molecule has 2 heterocycles. The Kier molecular flexibility index (Phi) is 22.8. The topological polar surface area (TPSA) is 181 Å². The van der Waals surface area contributed by atoms with E-state index in [0.717, 1.165) is 25.5 Å². The minimum atomic E-state index is -1.08. The second-order valence-corrected chi connectivity index (χ2v) is 3.54. The van der Waals surface area contributed by atoms with Gasteiger partial charge in [-0.1, -0.05) is 12.1 Å². The van der Waals surface area contributed by atoms with Crippen molar-refractivity contribution < 1.29 is 47.8 Å². The molecule has 0 saturated carbocycles. The van der Waals surface area contributed by atoms with Crippen LogP contribution in [0.2, 0.25) is 0 Å². The number of hydrogen-bond acceptors (Lipinski definition) is 7. The molecule has 0 fully saturated rings. The number of carboxylic acid groups (broad SMARTS) is 2. The molecule has 2 aromatic heterocycles. The molecule has 0 spiro atoms. The van der Waals surface area contributed by atoms with Crippen LogP contribution in [0.25, 0.3) is 0 Å². The van der Waals surface area contributed by atoms with Crippen LogP contribution in [0.3, 0.4) is 0 Å². The van der Waals surface area contributed by atoms with Crippen molar-refractivity contribution in [3.63, 3.8) is 0 Å². The number of hydrogen-bond donors (Lipinski definition) is 1. The van der Waals surface area contributed by atoms with Gasteiger partial charge >= 0.3 is 17.1 Å². The zero-order valence-corrected chi connectivity index (χ0v) is 13.9. The molecule has 9 nitrogen and oxygen atoms in total. The molecule has 1 radical (unpaired) electrons. The molecule has 2 rings (SSSR count). The Morgan fingerprint density at radius 1 is 0.833 bits per heavy atom. The first-order valence-corrected chi connectivity index (χ1v) is 5.86. The van der Waals surface area contributed by atoms with Gasteiger partial charge in [-0.2, -0.15) is 0 Å². The summed E-state index contributed by atoms with van der Waals surface area (Å²) in [6.07, 6.45) is 3.48. The number of anilines is 2. The van der Waals surface area contributed by atoms with Crippen LogP contribution >= 0.6 is 0 Å². The summed E-state index contributed by atoms with van der Waals surface area (Å²) >= 11 is 0. The molecule has 0 saturated heterocycles. The fourth-order valence-corrected chi connectivity index (χ4v) is 1.00. The van der Waals surface area contributed by atoms with Crippen LogP contribution in [0.15, 0.2) is 48.8 Å². The number of carboxylic acids is 2. The predicted octanol–water partition coefficient (Wildman–Crippen LogP) is -1.92. The molecule has 0 bridgehead atoms. The first-order valence-electron chi connectivity index (χ1n) is 5.86. The van der Waals surface area contributed by atoms with Crippen LogP contribution in [0.5, 0.6) is 0 Å². The Labute approximate surface area is 149 Å². The van der Waals surface area contributed by atoms with E-state index in [-0.39, 0.29) is 28.0 Å². The molecule has 0 aliphatic heterocycles. The second kappa shape index (κ2) is 18.5. The maximum Gasteiger partial charge on any atom is 2.00 e. The van der Waals surface area contributed by atoms with Gasteiger partial charge in [-0.05, 0) is 38.1 Å². The summed E-state index contributed by atoms with van der Waals surface area (Å²) in [4.78, 5) is 26.0. The summed E-state index contributed by atoms with van der Waals surface area (Å²) in [5, 5.41) is 20.9. The molecule has 137 valence electrons. The number of aliphatic carboxylic acids is 2. The van der Waals surface area contributed by atoms with Gasteiger partial charge in [-0.15, -0.1) is 0 Å². The number of rotatable bonds is 2. The van der Waals surface area contributed by atoms with Crippen molar-refractivity contribution in [1.82, 2.24) is 9.97 Å². The van der Waals surface area contributed by atoms with Gasteiger partial charge in [0, 0.05) is 24.3 Å². The Balaban J connectivity index is -0.000000157. The zero-order valence-electron chi connectivity index (χ0n) is 12.9. The first-order chi connectivity index (χ1) is 9.91. The van der Waals surface area contributed by atoms with Gasteiger partial charge in [0.2, 0.25) is 0 Å². The quantitative estimate of drug-likeness (QED) is 0.581. The summed E-state index contributed by atoms with van der Waals surface area (Å²) in [5.41, 5.74) is 0. The van der Waals surface area contributed by atoms with E-state index in [1.807, 2.05) is 36.4 Å². The van der Waals surface area contributed by atoms with Gasteiger partial charge < -0.3 is 36.1 Å². The van der Waals surface area contributed by atoms with Crippen LogP contribution in [0.1, 0.15) is 13.8 Å². The van der Waals surface area contributed by atoms with Gasteiger partial charge in [0.1, 0.15) is 11.6 Å². The molecular formula is C14H19CuN3O6. The number of nitrogens with one attached hydrogen (secondary N) is 1. The minimum Gasteiger partial charge on any atom is -0.550 e. The van der Waals surface area contributed by atoms with Crippen molar-refractivity contribution in [3.8, 4) is 0 Å². The Morgan fingerprint density at radius 3 is 1.33 bits per heavy atom. The maximum absolute atomic E-state index is 8.89. The SMILES string of the molecule is CC(=O)[O-].CC(=O)[O-].O.O.[Cu+2].c1ccc(Nc2ccccn2)nc1. The Hall–Kier alpha value is -2.52. The van der Waals surface area contributed by atoms with E-state index in [1.54, 1.807) is 12.4 Å². The van der Waals surface area contributed by atoms with Crippen molar-refractivity contribution in [2.75, 3.05) is 5.32 Å². The molecule has 24 heavy (non-hydrogen) atoms. The minimum absolute atomic E-state index is 0. The van der Waals surface area contributed by atoms with E-state index in [9.17, 15) is 0 Å². The zero-order chi connectivity index (χ0) is 16.1. The van der Waals surface area contributed by atoms with Gasteiger partial charge in [0.25, 0.3) is 0 Å². The maximum atomic E-state index is 8.89.